The normalized spacial score (nSPS) is 12.9. The summed E-state index contributed by atoms with van der Waals surface area (Å²) in [6, 6.07) is 24.1. The van der Waals surface area contributed by atoms with Crippen molar-refractivity contribution in [2.45, 2.75) is 12.6 Å². The summed E-state index contributed by atoms with van der Waals surface area (Å²) in [4.78, 5) is 56.1. The minimum absolute atomic E-state index is 0.0431. The molecule has 1 N–H and O–H groups in total. The lowest BCUT2D eigenvalue weighted by Gasteiger charge is -2.33. The molecule has 5 rings (SSSR count). The number of rotatable bonds is 10. The van der Waals surface area contributed by atoms with Gasteiger partial charge in [0.1, 0.15) is 29.9 Å². The number of Topliss-reactive ketones (excluding diaryl/α,β-unsaturated/α-hetero) is 1. The third-order valence-corrected chi connectivity index (χ3v) is 7.11. The zero-order valence-electron chi connectivity index (χ0n) is 23.5. The monoisotopic (exact) mass is 581 g/mol. The van der Waals surface area contributed by atoms with Crippen LogP contribution in [0.25, 0.3) is 0 Å². The van der Waals surface area contributed by atoms with Gasteiger partial charge in [-0.1, -0.05) is 36.4 Å². The molecule has 218 valence electrons. The fourth-order valence-electron chi connectivity index (χ4n) is 4.89. The molecule has 10 heteroatoms. The summed E-state index contributed by atoms with van der Waals surface area (Å²) in [6.45, 7) is -0.538. The van der Waals surface area contributed by atoms with Crippen LogP contribution in [0.3, 0.4) is 0 Å². The largest absolute Gasteiger partial charge is 0.497 e. The first kappa shape index (κ1) is 29.0. The molecule has 1 atom stereocenters. The van der Waals surface area contributed by atoms with Gasteiger partial charge in [-0.15, -0.1) is 0 Å². The Morgan fingerprint density at radius 3 is 2.07 bits per heavy atom. The number of para-hydroxylation sites is 1. The van der Waals surface area contributed by atoms with Crippen molar-refractivity contribution in [1.82, 2.24) is 4.90 Å². The summed E-state index contributed by atoms with van der Waals surface area (Å²) in [6.07, 6.45) is 0. The number of ether oxygens (including phenoxy) is 2. The number of carbonyl (C=O) groups excluding carboxylic acids is 4. The summed E-state index contributed by atoms with van der Waals surface area (Å²) in [5.41, 5.74) is 1.98. The third-order valence-electron chi connectivity index (χ3n) is 7.11. The van der Waals surface area contributed by atoms with E-state index in [0.717, 1.165) is 4.90 Å². The Morgan fingerprint density at radius 1 is 0.837 bits per heavy atom. The maximum atomic E-state index is 14.1. The second kappa shape index (κ2) is 12.6. The number of carbonyl (C=O) groups is 4. The van der Waals surface area contributed by atoms with Crippen LogP contribution in [-0.4, -0.2) is 49.2 Å². The number of halogens is 1. The minimum Gasteiger partial charge on any atom is -0.497 e. The number of benzene rings is 4. The number of anilines is 2. The zero-order valence-corrected chi connectivity index (χ0v) is 23.5. The van der Waals surface area contributed by atoms with Gasteiger partial charge in [-0.25, -0.2) is 4.39 Å². The topological polar surface area (TPSA) is 105 Å². The Hall–Kier alpha value is -5.51. The van der Waals surface area contributed by atoms with Crippen molar-refractivity contribution in [3.8, 4) is 11.5 Å². The van der Waals surface area contributed by atoms with Crippen molar-refractivity contribution in [2.24, 2.45) is 0 Å². The molecule has 0 aliphatic carbocycles. The zero-order chi connectivity index (χ0) is 30.5. The Kier molecular flexibility index (Phi) is 8.47. The third kappa shape index (κ3) is 6.23. The number of nitrogens with zero attached hydrogens (tertiary/aromatic N) is 2. The molecule has 0 fully saturated rings. The molecule has 43 heavy (non-hydrogen) atoms. The van der Waals surface area contributed by atoms with Gasteiger partial charge in [-0.05, 0) is 71.8 Å². The van der Waals surface area contributed by atoms with Gasteiger partial charge in [0.25, 0.3) is 17.6 Å². The van der Waals surface area contributed by atoms with Crippen LogP contribution in [0.2, 0.25) is 0 Å². The van der Waals surface area contributed by atoms with E-state index in [1.807, 2.05) is 0 Å². The van der Waals surface area contributed by atoms with E-state index in [2.05, 4.69) is 5.32 Å². The van der Waals surface area contributed by atoms with Crippen LogP contribution in [0.15, 0.2) is 97.1 Å². The highest BCUT2D eigenvalue weighted by atomic mass is 19.1. The molecule has 4 aromatic rings. The molecule has 4 aromatic carbocycles. The quantitative estimate of drug-likeness (QED) is 0.270. The lowest BCUT2D eigenvalue weighted by atomic mass is 10.0. The number of nitrogens with one attached hydrogen (secondary N) is 1. The predicted molar refractivity (Wildman–Crippen MR) is 157 cm³/mol. The van der Waals surface area contributed by atoms with Crippen molar-refractivity contribution in [1.29, 1.82) is 0 Å². The molecular weight excluding hydrogens is 553 g/mol. The maximum absolute atomic E-state index is 14.1. The summed E-state index contributed by atoms with van der Waals surface area (Å²) >= 11 is 0. The van der Waals surface area contributed by atoms with Crippen LogP contribution < -0.4 is 19.7 Å². The number of amides is 3. The Morgan fingerprint density at radius 2 is 1.44 bits per heavy atom. The number of ketones is 1. The average Bonchev–Trinajstić information content (AvgIpc) is 3.27. The fourth-order valence-corrected chi connectivity index (χ4v) is 4.89. The first-order valence-electron chi connectivity index (χ1n) is 13.4. The van der Waals surface area contributed by atoms with Crippen LogP contribution in [-0.2, 0) is 20.9 Å². The summed E-state index contributed by atoms with van der Waals surface area (Å²) < 4.78 is 24.4. The molecule has 0 saturated heterocycles. The number of hydrogen-bond donors (Lipinski definition) is 1. The van der Waals surface area contributed by atoms with E-state index in [-0.39, 0.29) is 12.1 Å². The number of fused-ring (bicyclic) bond motifs is 1. The first-order valence-corrected chi connectivity index (χ1v) is 13.4. The van der Waals surface area contributed by atoms with Gasteiger partial charge < -0.3 is 19.7 Å². The Labute approximate surface area is 247 Å². The van der Waals surface area contributed by atoms with Crippen LogP contribution in [0, 0.1) is 5.82 Å². The van der Waals surface area contributed by atoms with Gasteiger partial charge in [-0.3, -0.25) is 24.1 Å². The molecule has 0 radical (unpaired) electrons. The molecule has 0 bridgehead atoms. The average molecular weight is 582 g/mol. The highest BCUT2D eigenvalue weighted by molar-refractivity contribution is 6.52. The van der Waals surface area contributed by atoms with E-state index in [1.54, 1.807) is 66.7 Å². The van der Waals surface area contributed by atoms with Gasteiger partial charge in [0.2, 0.25) is 5.91 Å². The van der Waals surface area contributed by atoms with E-state index < -0.39 is 41.9 Å². The smallest absolute Gasteiger partial charge is 0.299 e. The highest BCUT2D eigenvalue weighted by Crippen LogP contribution is 2.31. The van der Waals surface area contributed by atoms with Crippen molar-refractivity contribution in [2.75, 3.05) is 31.0 Å². The lowest BCUT2D eigenvalue weighted by Crippen LogP contribution is -2.46. The maximum Gasteiger partial charge on any atom is 0.299 e. The van der Waals surface area contributed by atoms with Crippen LogP contribution in [0.5, 0.6) is 11.5 Å². The standard InChI is InChI=1S/C33H28FN3O6/c1-42-25-15-7-21(8-16-25)19-37(29(38)20-36-28-6-4-3-5-27(28)31(39)33(36)41)30(22-9-11-23(34)12-10-22)32(40)35-24-13-17-26(43-2)18-14-24/h3-18,30H,19-20H2,1-2H3,(H,35,40)/t30-/m0/s1. The van der Waals surface area contributed by atoms with Gasteiger partial charge in [0, 0.05) is 12.2 Å². The molecule has 0 saturated carbocycles. The molecular formula is C33H28FN3O6. The lowest BCUT2D eigenvalue weighted by molar-refractivity contribution is -0.139. The van der Waals surface area contributed by atoms with Crippen molar-refractivity contribution >= 4 is 34.9 Å². The SMILES string of the molecule is COc1ccc(CN(C(=O)CN2C(=O)C(=O)c3ccccc32)[C@H](C(=O)Nc2ccc(OC)cc2)c2ccc(F)cc2)cc1. The molecule has 1 heterocycles. The molecule has 3 amide bonds. The van der Waals surface area contributed by atoms with Crippen molar-refractivity contribution in [3.05, 3.63) is 120 Å². The fraction of sp³-hybridized carbons (Fsp3) is 0.152. The highest BCUT2D eigenvalue weighted by Gasteiger charge is 2.39. The second-order valence-electron chi connectivity index (χ2n) is 9.78. The van der Waals surface area contributed by atoms with Crippen LogP contribution in [0.4, 0.5) is 15.8 Å². The molecule has 1 aliphatic heterocycles. The Balaban J connectivity index is 1.54. The van der Waals surface area contributed by atoms with E-state index in [0.29, 0.717) is 34.0 Å². The van der Waals surface area contributed by atoms with Gasteiger partial charge in [0.15, 0.2) is 0 Å². The second-order valence-corrected chi connectivity index (χ2v) is 9.78. The summed E-state index contributed by atoms with van der Waals surface area (Å²) in [5.74, 6) is -2.03. The number of hydrogen-bond acceptors (Lipinski definition) is 6. The molecule has 9 nitrogen and oxygen atoms in total. The van der Waals surface area contributed by atoms with Crippen LogP contribution >= 0.6 is 0 Å². The molecule has 0 unspecified atom stereocenters. The Bertz CT molecular complexity index is 1660. The summed E-state index contributed by atoms with van der Waals surface area (Å²) in [5, 5.41) is 2.83. The molecule has 0 spiro atoms. The molecule has 1 aliphatic rings. The van der Waals surface area contributed by atoms with E-state index in [4.69, 9.17) is 9.47 Å². The van der Waals surface area contributed by atoms with Gasteiger partial charge in [-0.2, -0.15) is 0 Å². The van der Waals surface area contributed by atoms with E-state index in [9.17, 15) is 23.6 Å². The van der Waals surface area contributed by atoms with Gasteiger partial charge >= 0.3 is 0 Å². The summed E-state index contributed by atoms with van der Waals surface area (Å²) in [7, 11) is 3.06. The first-order chi connectivity index (χ1) is 20.8. The minimum atomic E-state index is -1.24. The van der Waals surface area contributed by atoms with E-state index in [1.165, 1.54) is 49.5 Å². The van der Waals surface area contributed by atoms with Crippen LogP contribution in [0.1, 0.15) is 27.5 Å². The van der Waals surface area contributed by atoms with Crippen molar-refractivity contribution in [3.63, 3.8) is 0 Å². The van der Waals surface area contributed by atoms with Crippen molar-refractivity contribution < 1.29 is 33.0 Å². The van der Waals surface area contributed by atoms with Gasteiger partial charge in [0.05, 0.1) is 25.5 Å². The van der Waals surface area contributed by atoms with E-state index >= 15 is 0 Å². The number of methoxy groups -OCH3 is 2. The molecule has 0 aromatic heterocycles. The predicted octanol–water partition coefficient (Wildman–Crippen LogP) is 4.78.